The van der Waals surface area contributed by atoms with E-state index in [1.54, 1.807) is 23.5 Å². The molecular formula is C12H18N2OS2. The average Bonchev–Trinajstić information content (AvgIpc) is 2.29. The van der Waals surface area contributed by atoms with Gasteiger partial charge in [0.15, 0.2) is 0 Å². The Kier molecular flexibility index (Phi) is 6.53. The third kappa shape index (κ3) is 4.29. The van der Waals surface area contributed by atoms with Gasteiger partial charge in [-0.15, -0.1) is 11.8 Å². The van der Waals surface area contributed by atoms with E-state index in [2.05, 4.69) is 19.2 Å². The number of hydrogen-bond donors (Lipinski definition) is 1. The van der Waals surface area contributed by atoms with Gasteiger partial charge in [0.05, 0.1) is 9.61 Å². The van der Waals surface area contributed by atoms with E-state index < -0.39 is 0 Å². The minimum atomic E-state index is -0.205. The van der Waals surface area contributed by atoms with E-state index in [1.807, 2.05) is 6.07 Å². The van der Waals surface area contributed by atoms with Crippen LogP contribution in [0.2, 0.25) is 0 Å². The number of nitrogens with one attached hydrogen (secondary N) is 1. The van der Waals surface area contributed by atoms with Crippen LogP contribution in [0.25, 0.3) is 0 Å². The van der Waals surface area contributed by atoms with Crippen LogP contribution in [-0.4, -0.2) is 17.0 Å². The van der Waals surface area contributed by atoms with Crippen molar-refractivity contribution in [1.29, 1.82) is 5.26 Å². The van der Waals surface area contributed by atoms with Crippen molar-refractivity contribution < 1.29 is 4.79 Å². The maximum absolute atomic E-state index is 11.7. The first-order valence-electron chi connectivity index (χ1n) is 5.97. The van der Waals surface area contributed by atoms with Crippen LogP contribution in [0.1, 0.15) is 39.5 Å². The molecule has 94 valence electrons. The lowest BCUT2D eigenvalue weighted by Crippen LogP contribution is -2.36. The number of carbonyl (C=O) groups excluding carboxylic acids is 1. The van der Waals surface area contributed by atoms with Crippen molar-refractivity contribution in [2.75, 3.05) is 5.75 Å². The number of nitrogens with zero attached hydrogens (tertiary/aromatic N) is 1. The normalized spacial score (nSPS) is 20.1. The van der Waals surface area contributed by atoms with Crippen molar-refractivity contribution in [1.82, 2.24) is 5.32 Å². The fourth-order valence-electron chi connectivity index (χ4n) is 1.43. The molecule has 0 fully saturated rings. The number of carbonyl (C=O) groups is 1. The van der Waals surface area contributed by atoms with Crippen molar-refractivity contribution in [3.05, 3.63) is 9.81 Å². The highest BCUT2D eigenvalue weighted by atomic mass is 32.2. The lowest BCUT2D eigenvalue weighted by atomic mass is 10.3. The van der Waals surface area contributed by atoms with Gasteiger partial charge in [-0.1, -0.05) is 38.5 Å². The van der Waals surface area contributed by atoms with Crippen LogP contribution < -0.4 is 5.32 Å². The summed E-state index contributed by atoms with van der Waals surface area (Å²) < 4.78 is 0.906. The van der Waals surface area contributed by atoms with Gasteiger partial charge >= 0.3 is 0 Å². The topological polar surface area (TPSA) is 52.9 Å². The van der Waals surface area contributed by atoms with E-state index in [0.717, 1.165) is 35.7 Å². The minimum Gasteiger partial charge on any atom is -0.339 e. The largest absolute Gasteiger partial charge is 0.339 e. The zero-order valence-corrected chi connectivity index (χ0v) is 11.9. The quantitative estimate of drug-likeness (QED) is 0.753. The fraction of sp³-hybridized carbons (Fsp3) is 0.667. The van der Waals surface area contributed by atoms with Crippen molar-refractivity contribution in [3.8, 4) is 6.07 Å². The maximum Gasteiger partial charge on any atom is 0.264 e. The van der Waals surface area contributed by atoms with Crippen LogP contribution in [0.4, 0.5) is 0 Å². The van der Waals surface area contributed by atoms with E-state index >= 15 is 0 Å². The van der Waals surface area contributed by atoms with Gasteiger partial charge in [-0.25, -0.2) is 0 Å². The van der Waals surface area contributed by atoms with Crippen LogP contribution in [0.3, 0.4) is 0 Å². The van der Waals surface area contributed by atoms with Crippen molar-refractivity contribution in [2.45, 2.75) is 44.9 Å². The number of hydrogen-bond acceptors (Lipinski definition) is 4. The molecule has 1 N–H and O–H groups in total. The van der Waals surface area contributed by atoms with E-state index in [0.29, 0.717) is 5.57 Å². The number of unbranched alkanes of at least 4 members (excludes halogenated alkanes) is 1. The Morgan fingerprint density at radius 3 is 2.82 bits per heavy atom. The van der Waals surface area contributed by atoms with E-state index in [-0.39, 0.29) is 11.3 Å². The second kappa shape index (κ2) is 7.67. The number of amides is 1. The van der Waals surface area contributed by atoms with Gasteiger partial charge < -0.3 is 5.32 Å². The molecule has 0 saturated heterocycles. The van der Waals surface area contributed by atoms with E-state index in [1.165, 1.54) is 0 Å². The average molecular weight is 270 g/mol. The second-order valence-electron chi connectivity index (χ2n) is 3.84. The molecule has 0 spiro atoms. The first-order valence-corrected chi connectivity index (χ1v) is 7.84. The summed E-state index contributed by atoms with van der Waals surface area (Å²) in [4.78, 5) is 11.7. The van der Waals surface area contributed by atoms with Crippen LogP contribution in [0.5, 0.6) is 0 Å². The molecule has 1 rings (SSSR count). The molecule has 5 heteroatoms. The molecule has 0 saturated carbocycles. The summed E-state index contributed by atoms with van der Waals surface area (Å²) in [6.07, 6.45) is 4.24. The molecule has 1 atom stereocenters. The van der Waals surface area contributed by atoms with Crippen LogP contribution in [0.15, 0.2) is 9.81 Å². The molecule has 1 amide bonds. The van der Waals surface area contributed by atoms with Gasteiger partial charge in [0.1, 0.15) is 11.6 Å². The molecule has 0 radical (unpaired) electrons. The predicted octanol–water partition coefficient (Wildman–Crippen LogP) is 3.24. The molecule has 17 heavy (non-hydrogen) atoms. The Morgan fingerprint density at radius 1 is 1.47 bits per heavy atom. The summed E-state index contributed by atoms with van der Waals surface area (Å²) in [5.74, 6) is 0.777. The molecular weight excluding hydrogens is 252 g/mol. The monoisotopic (exact) mass is 270 g/mol. The van der Waals surface area contributed by atoms with Crippen LogP contribution in [-0.2, 0) is 4.79 Å². The van der Waals surface area contributed by atoms with Gasteiger partial charge in [0, 0.05) is 0 Å². The maximum atomic E-state index is 11.7. The van der Waals surface area contributed by atoms with Crippen LogP contribution in [0, 0.1) is 11.3 Å². The lowest BCUT2D eigenvalue weighted by molar-refractivity contribution is -0.117. The first-order chi connectivity index (χ1) is 8.22. The Bertz CT molecular complexity index is 347. The fourth-order valence-corrected chi connectivity index (χ4v) is 4.24. The van der Waals surface area contributed by atoms with Gasteiger partial charge in [-0.3, -0.25) is 4.79 Å². The first kappa shape index (κ1) is 14.5. The number of nitriles is 1. The zero-order chi connectivity index (χ0) is 12.7. The van der Waals surface area contributed by atoms with Gasteiger partial charge in [0.25, 0.3) is 5.91 Å². The SMILES string of the molecule is CCCCSC1=C(C#N)C(=O)N[C@@H](CCC)S1. The summed E-state index contributed by atoms with van der Waals surface area (Å²) in [5, 5.41) is 12.0. The highest BCUT2D eigenvalue weighted by Gasteiger charge is 2.27. The Labute approximate surface area is 111 Å². The molecule has 1 heterocycles. The summed E-state index contributed by atoms with van der Waals surface area (Å²) in [6, 6.07) is 2.02. The Hall–Kier alpha value is -0.600. The molecule has 0 aromatic rings. The highest BCUT2D eigenvalue weighted by Crippen LogP contribution is 2.38. The standard InChI is InChI=1S/C12H18N2OS2/c1-3-5-7-16-12-9(8-13)11(15)14-10(17-12)6-4-2/h10H,3-7H2,1-2H3,(H,14,15)/t10-/m1/s1. The Morgan fingerprint density at radius 2 is 2.24 bits per heavy atom. The van der Waals surface area contributed by atoms with Crippen molar-refractivity contribution in [2.24, 2.45) is 0 Å². The molecule has 3 nitrogen and oxygen atoms in total. The Balaban J connectivity index is 2.71. The summed E-state index contributed by atoms with van der Waals surface area (Å²) in [7, 11) is 0. The smallest absolute Gasteiger partial charge is 0.264 e. The molecule has 0 aromatic heterocycles. The molecule has 0 bridgehead atoms. The van der Waals surface area contributed by atoms with Gasteiger partial charge in [-0.2, -0.15) is 5.26 Å². The summed E-state index contributed by atoms with van der Waals surface area (Å²) in [6.45, 7) is 4.24. The molecule has 1 aliphatic heterocycles. The molecule has 1 aliphatic rings. The molecule has 0 unspecified atom stereocenters. The minimum absolute atomic E-state index is 0.133. The van der Waals surface area contributed by atoms with E-state index in [9.17, 15) is 4.79 Å². The lowest BCUT2D eigenvalue weighted by Gasteiger charge is -2.24. The summed E-state index contributed by atoms with van der Waals surface area (Å²) in [5.41, 5.74) is 0.295. The third-order valence-electron chi connectivity index (χ3n) is 2.37. The zero-order valence-electron chi connectivity index (χ0n) is 10.3. The molecule has 0 aliphatic carbocycles. The molecule has 0 aromatic carbocycles. The number of rotatable bonds is 6. The van der Waals surface area contributed by atoms with Gasteiger partial charge in [0.2, 0.25) is 0 Å². The highest BCUT2D eigenvalue weighted by molar-refractivity contribution is 8.22. The van der Waals surface area contributed by atoms with Crippen LogP contribution >= 0.6 is 23.5 Å². The van der Waals surface area contributed by atoms with Crippen molar-refractivity contribution in [3.63, 3.8) is 0 Å². The van der Waals surface area contributed by atoms with Gasteiger partial charge in [-0.05, 0) is 18.6 Å². The summed E-state index contributed by atoms with van der Waals surface area (Å²) >= 11 is 3.28. The third-order valence-corrected chi connectivity index (χ3v) is 5.02. The predicted molar refractivity (Wildman–Crippen MR) is 74.4 cm³/mol. The number of thioether (sulfide) groups is 2. The second-order valence-corrected chi connectivity index (χ2v) is 6.42. The van der Waals surface area contributed by atoms with E-state index in [4.69, 9.17) is 5.26 Å². The van der Waals surface area contributed by atoms with Crippen molar-refractivity contribution >= 4 is 29.4 Å².